The number of benzene rings is 2. The molecule has 0 aliphatic rings. The molecule has 0 amide bonds. The monoisotopic (exact) mass is 730 g/mol. The van der Waals surface area contributed by atoms with E-state index < -0.39 is 6.29 Å². The summed E-state index contributed by atoms with van der Waals surface area (Å²) >= 11 is 18.0. The topological polar surface area (TPSA) is 18.5 Å². The van der Waals surface area contributed by atoms with Gasteiger partial charge in [-0.3, -0.25) is 0 Å². The van der Waals surface area contributed by atoms with Crippen molar-refractivity contribution in [1.29, 1.82) is 0 Å². The summed E-state index contributed by atoms with van der Waals surface area (Å²) in [4.78, 5) is 0.450. The van der Waals surface area contributed by atoms with Crippen LogP contribution in [0.5, 0.6) is 11.5 Å². The molecule has 2 unspecified atom stereocenters. The Kier molecular flexibility index (Phi) is 13.0. The van der Waals surface area contributed by atoms with Crippen LogP contribution in [-0.4, -0.2) is 16.4 Å². The van der Waals surface area contributed by atoms with Crippen molar-refractivity contribution in [3.8, 4) is 11.5 Å². The van der Waals surface area contributed by atoms with Gasteiger partial charge in [-0.25, -0.2) is 0 Å². The highest BCUT2D eigenvalue weighted by atomic mass is 79.9. The van der Waals surface area contributed by atoms with Crippen LogP contribution in [0.4, 0.5) is 0 Å². The maximum atomic E-state index is 6.15. The Balaban J connectivity index is 1.89. The lowest BCUT2D eigenvalue weighted by atomic mass is 10.0. The van der Waals surface area contributed by atoms with Gasteiger partial charge in [0.2, 0.25) is 6.29 Å². The summed E-state index contributed by atoms with van der Waals surface area (Å²) in [6, 6.07) is 12.1. The Bertz CT molecular complexity index is 784. The van der Waals surface area contributed by atoms with Gasteiger partial charge < -0.3 is 9.47 Å². The Morgan fingerprint density at radius 3 is 2.23 bits per heavy atom. The van der Waals surface area contributed by atoms with Crippen LogP contribution >= 0.6 is 79.6 Å². The fourth-order valence-corrected chi connectivity index (χ4v) is 5.53. The first-order valence-electron chi connectivity index (χ1n) is 10.2. The third-order valence-electron chi connectivity index (χ3n) is 4.65. The maximum Gasteiger partial charge on any atom is 0.238 e. The van der Waals surface area contributed by atoms with E-state index in [1.54, 1.807) is 0 Å². The molecular weight excluding hydrogens is 708 g/mol. The lowest BCUT2D eigenvalue weighted by molar-refractivity contribution is 0.0209. The van der Waals surface area contributed by atoms with Crippen molar-refractivity contribution in [2.24, 2.45) is 0 Å². The Hall–Kier alpha value is 0.440. The van der Waals surface area contributed by atoms with Crippen LogP contribution in [0.25, 0.3) is 0 Å². The number of hydrogen-bond acceptors (Lipinski definition) is 2. The SMILES string of the molecule is CC(Oc1ccccc1CC(Br)CCCCCCCBr)Oc1ccc(Br)c(Br)c1Br. The van der Waals surface area contributed by atoms with E-state index in [0.717, 1.165) is 36.7 Å². The smallest absolute Gasteiger partial charge is 0.238 e. The van der Waals surface area contributed by atoms with Crippen molar-refractivity contribution < 1.29 is 9.47 Å². The summed E-state index contributed by atoms with van der Waals surface area (Å²) in [6.45, 7) is 1.91. The molecule has 166 valence electrons. The van der Waals surface area contributed by atoms with Gasteiger partial charge in [-0.05, 0) is 90.8 Å². The van der Waals surface area contributed by atoms with Gasteiger partial charge in [-0.15, -0.1) is 0 Å². The van der Waals surface area contributed by atoms with Crippen LogP contribution < -0.4 is 9.47 Å². The summed E-state index contributed by atoms with van der Waals surface area (Å²) in [5.41, 5.74) is 1.20. The predicted octanol–water partition coefficient (Wildman–Crippen LogP) is 9.82. The number of unbranched alkanes of at least 4 members (excludes halogenated alkanes) is 4. The van der Waals surface area contributed by atoms with Crippen LogP contribution in [-0.2, 0) is 6.42 Å². The molecule has 0 aliphatic heterocycles. The zero-order chi connectivity index (χ0) is 21.9. The highest BCUT2D eigenvalue weighted by Crippen LogP contribution is 2.38. The van der Waals surface area contributed by atoms with E-state index in [9.17, 15) is 0 Å². The van der Waals surface area contributed by atoms with E-state index in [4.69, 9.17) is 9.47 Å². The molecule has 0 spiro atoms. The van der Waals surface area contributed by atoms with Crippen molar-refractivity contribution in [2.75, 3.05) is 5.33 Å². The number of halogens is 5. The van der Waals surface area contributed by atoms with Gasteiger partial charge in [-0.2, -0.15) is 0 Å². The molecule has 0 heterocycles. The average molecular weight is 735 g/mol. The molecule has 0 N–H and O–H groups in total. The van der Waals surface area contributed by atoms with Crippen molar-refractivity contribution in [2.45, 2.75) is 63.0 Å². The second kappa shape index (κ2) is 14.6. The van der Waals surface area contributed by atoms with Crippen LogP contribution in [0.1, 0.15) is 51.0 Å². The maximum absolute atomic E-state index is 6.15. The molecule has 0 bridgehead atoms. The molecule has 2 aromatic carbocycles. The number of para-hydroxylation sites is 1. The Morgan fingerprint density at radius 1 is 0.800 bits per heavy atom. The van der Waals surface area contributed by atoms with E-state index in [2.05, 4.69) is 91.8 Å². The zero-order valence-electron chi connectivity index (χ0n) is 17.0. The quantitative estimate of drug-likeness (QED) is 0.0884. The van der Waals surface area contributed by atoms with Gasteiger partial charge in [-0.1, -0.05) is 75.7 Å². The van der Waals surface area contributed by atoms with E-state index in [1.807, 2.05) is 31.2 Å². The lowest BCUT2D eigenvalue weighted by Crippen LogP contribution is -2.21. The standard InChI is InChI=1S/C23H27Br5O2/c1-16(30-21-13-12-19(26)22(27)23(21)28)29-20-11-7-6-9-17(20)15-18(25)10-5-3-2-4-8-14-24/h6-7,9,11-13,16,18H,2-5,8,10,14-15H2,1H3. The largest absolute Gasteiger partial charge is 0.455 e. The van der Waals surface area contributed by atoms with E-state index in [-0.39, 0.29) is 0 Å². The molecule has 2 aromatic rings. The van der Waals surface area contributed by atoms with Gasteiger partial charge >= 0.3 is 0 Å². The first kappa shape index (κ1) is 26.7. The third kappa shape index (κ3) is 9.13. The van der Waals surface area contributed by atoms with Gasteiger partial charge in [0.05, 0.1) is 4.47 Å². The van der Waals surface area contributed by atoms with Crippen molar-refractivity contribution in [1.82, 2.24) is 0 Å². The molecule has 0 radical (unpaired) electrons. The van der Waals surface area contributed by atoms with Gasteiger partial charge in [0, 0.05) is 26.0 Å². The average Bonchev–Trinajstić information content (AvgIpc) is 2.72. The Morgan fingerprint density at radius 2 is 1.47 bits per heavy atom. The summed E-state index contributed by atoms with van der Waals surface area (Å²) in [7, 11) is 0. The summed E-state index contributed by atoms with van der Waals surface area (Å²) in [5, 5.41) is 1.11. The molecule has 7 heteroatoms. The first-order chi connectivity index (χ1) is 14.4. The second-order valence-corrected chi connectivity index (χ2v) is 11.7. The fourth-order valence-electron chi connectivity index (χ4n) is 3.10. The highest BCUT2D eigenvalue weighted by molar-refractivity contribution is 9.14. The molecule has 30 heavy (non-hydrogen) atoms. The third-order valence-corrected chi connectivity index (χ3v) is 9.33. The number of rotatable bonds is 13. The predicted molar refractivity (Wildman–Crippen MR) is 145 cm³/mol. The van der Waals surface area contributed by atoms with E-state index in [0.29, 0.717) is 4.83 Å². The van der Waals surface area contributed by atoms with Gasteiger partial charge in [0.15, 0.2) is 0 Å². The molecule has 0 aliphatic carbocycles. The normalized spacial score (nSPS) is 13.1. The molecule has 0 aromatic heterocycles. The van der Waals surface area contributed by atoms with Crippen LogP contribution in [0.15, 0.2) is 49.8 Å². The summed E-state index contributed by atoms with van der Waals surface area (Å²) in [5.74, 6) is 1.60. The Labute approximate surface area is 222 Å². The van der Waals surface area contributed by atoms with Crippen molar-refractivity contribution >= 4 is 79.6 Å². The number of hydrogen-bond donors (Lipinski definition) is 0. The van der Waals surface area contributed by atoms with Gasteiger partial charge in [0.1, 0.15) is 11.5 Å². The van der Waals surface area contributed by atoms with E-state index >= 15 is 0 Å². The lowest BCUT2D eigenvalue weighted by Gasteiger charge is -2.20. The van der Waals surface area contributed by atoms with Crippen LogP contribution in [0.2, 0.25) is 0 Å². The fraction of sp³-hybridized carbons (Fsp3) is 0.478. The second-order valence-electron chi connectivity index (χ2n) is 7.13. The molecule has 2 rings (SSSR count). The summed E-state index contributed by atoms with van der Waals surface area (Å²) in [6.07, 6.45) is 8.17. The minimum atomic E-state index is -0.418. The molecule has 2 atom stereocenters. The van der Waals surface area contributed by atoms with Gasteiger partial charge in [0.25, 0.3) is 0 Å². The molecule has 0 saturated heterocycles. The van der Waals surface area contributed by atoms with Crippen LogP contribution in [0, 0.1) is 0 Å². The molecular formula is C23H27Br5O2. The minimum absolute atomic E-state index is 0.418. The van der Waals surface area contributed by atoms with E-state index in [1.165, 1.54) is 44.1 Å². The number of ether oxygens (including phenoxy) is 2. The zero-order valence-corrected chi connectivity index (χ0v) is 24.9. The molecule has 2 nitrogen and oxygen atoms in total. The highest BCUT2D eigenvalue weighted by Gasteiger charge is 2.15. The first-order valence-corrected chi connectivity index (χ1v) is 14.6. The van der Waals surface area contributed by atoms with Crippen molar-refractivity contribution in [3.63, 3.8) is 0 Å². The minimum Gasteiger partial charge on any atom is -0.455 e. The van der Waals surface area contributed by atoms with Crippen LogP contribution in [0.3, 0.4) is 0 Å². The van der Waals surface area contributed by atoms with Crippen molar-refractivity contribution in [3.05, 3.63) is 55.4 Å². The molecule has 0 fully saturated rings. The summed E-state index contributed by atoms with van der Waals surface area (Å²) < 4.78 is 14.9. The number of alkyl halides is 2. The molecule has 0 saturated carbocycles.